The highest BCUT2D eigenvalue weighted by Gasteiger charge is 2.09. The molecule has 0 aromatic carbocycles. The second-order valence-electron chi connectivity index (χ2n) is 3.52. The van der Waals surface area contributed by atoms with Crippen molar-refractivity contribution >= 4 is 17.5 Å². The SMILES string of the molecule is CC(=O)/C=C(\N)COC(=O)CC(=O)/C=C(/C)N. The third-order valence-corrected chi connectivity index (χ3v) is 1.50. The van der Waals surface area contributed by atoms with E-state index < -0.39 is 18.2 Å². The minimum absolute atomic E-state index is 0.129. The van der Waals surface area contributed by atoms with E-state index in [1.807, 2.05) is 0 Å². The highest BCUT2D eigenvalue weighted by atomic mass is 16.5. The van der Waals surface area contributed by atoms with Crippen molar-refractivity contribution in [2.24, 2.45) is 11.5 Å². The van der Waals surface area contributed by atoms with E-state index in [1.54, 1.807) is 0 Å². The lowest BCUT2D eigenvalue weighted by atomic mass is 10.2. The molecule has 94 valence electrons. The zero-order chi connectivity index (χ0) is 13.4. The Morgan fingerprint density at radius 1 is 1.12 bits per heavy atom. The third kappa shape index (κ3) is 8.86. The van der Waals surface area contributed by atoms with Crippen molar-refractivity contribution in [2.45, 2.75) is 20.3 Å². The number of allylic oxidation sites excluding steroid dienone is 3. The van der Waals surface area contributed by atoms with Crippen molar-refractivity contribution in [3.63, 3.8) is 0 Å². The van der Waals surface area contributed by atoms with Gasteiger partial charge in [0, 0.05) is 23.5 Å². The van der Waals surface area contributed by atoms with Gasteiger partial charge in [0.2, 0.25) is 0 Å². The average molecular weight is 240 g/mol. The molecule has 17 heavy (non-hydrogen) atoms. The molecule has 0 heterocycles. The van der Waals surface area contributed by atoms with Gasteiger partial charge in [-0.05, 0) is 13.8 Å². The third-order valence-electron chi connectivity index (χ3n) is 1.50. The molecule has 0 rings (SSSR count). The van der Waals surface area contributed by atoms with Crippen LogP contribution in [0.15, 0.2) is 23.5 Å². The van der Waals surface area contributed by atoms with Gasteiger partial charge in [-0.3, -0.25) is 14.4 Å². The summed E-state index contributed by atoms with van der Waals surface area (Å²) in [6.07, 6.45) is 1.90. The number of ether oxygens (including phenoxy) is 1. The van der Waals surface area contributed by atoms with Crippen molar-refractivity contribution in [1.29, 1.82) is 0 Å². The van der Waals surface area contributed by atoms with E-state index in [2.05, 4.69) is 4.74 Å². The lowest BCUT2D eigenvalue weighted by Crippen LogP contribution is -2.15. The molecular weight excluding hydrogens is 224 g/mol. The lowest BCUT2D eigenvalue weighted by molar-refractivity contribution is -0.144. The highest BCUT2D eigenvalue weighted by molar-refractivity contribution is 6.02. The van der Waals surface area contributed by atoms with Crippen LogP contribution in [0, 0.1) is 0 Å². The van der Waals surface area contributed by atoms with Crippen LogP contribution in [-0.2, 0) is 19.1 Å². The topological polar surface area (TPSA) is 112 Å². The molecule has 0 aliphatic rings. The molecule has 6 nitrogen and oxygen atoms in total. The Bertz CT molecular complexity index is 379. The van der Waals surface area contributed by atoms with Crippen LogP contribution < -0.4 is 11.5 Å². The maximum Gasteiger partial charge on any atom is 0.314 e. The van der Waals surface area contributed by atoms with Crippen molar-refractivity contribution in [3.8, 4) is 0 Å². The van der Waals surface area contributed by atoms with Gasteiger partial charge in [0.15, 0.2) is 11.6 Å². The second kappa shape index (κ2) is 7.21. The van der Waals surface area contributed by atoms with Crippen LogP contribution in [0.1, 0.15) is 20.3 Å². The molecule has 0 aliphatic carbocycles. The molecule has 0 aliphatic heterocycles. The molecule has 0 atom stereocenters. The molecule has 0 saturated heterocycles. The number of esters is 1. The largest absolute Gasteiger partial charge is 0.459 e. The van der Waals surface area contributed by atoms with E-state index in [-0.39, 0.29) is 18.1 Å². The predicted molar refractivity (Wildman–Crippen MR) is 61.5 cm³/mol. The minimum Gasteiger partial charge on any atom is -0.459 e. The smallest absolute Gasteiger partial charge is 0.314 e. The van der Waals surface area contributed by atoms with Crippen LogP contribution in [0.2, 0.25) is 0 Å². The first-order chi connectivity index (χ1) is 7.81. The summed E-state index contributed by atoms with van der Waals surface area (Å²) >= 11 is 0. The van der Waals surface area contributed by atoms with Crippen molar-refractivity contribution in [3.05, 3.63) is 23.5 Å². The maximum absolute atomic E-state index is 11.1. The Labute approximate surface area is 99.3 Å². The van der Waals surface area contributed by atoms with Gasteiger partial charge in [-0.15, -0.1) is 0 Å². The number of nitrogens with two attached hydrogens (primary N) is 2. The number of carbonyl (C=O) groups excluding carboxylic acids is 3. The summed E-state index contributed by atoms with van der Waals surface area (Å²) in [5, 5.41) is 0. The van der Waals surface area contributed by atoms with E-state index in [0.717, 1.165) is 12.2 Å². The fourth-order valence-electron chi connectivity index (χ4n) is 0.965. The monoisotopic (exact) mass is 240 g/mol. The maximum atomic E-state index is 11.1. The fourth-order valence-corrected chi connectivity index (χ4v) is 0.965. The molecule has 0 spiro atoms. The standard InChI is InChI=1S/C11H16N2O4/c1-7(12)3-10(15)5-11(16)17-6-9(13)4-8(2)14/h3-4H,5-6,12-13H2,1-2H3/b7-3-,9-4-. The normalized spacial score (nSPS) is 12.1. The molecule has 0 bridgehead atoms. The molecule has 0 aromatic rings. The van der Waals surface area contributed by atoms with Crippen LogP contribution >= 0.6 is 0 Å². The summed E-state index contributed by atoms with van der Waals surface area (Å²) in [5.41, 5.74) is 11.1. The van der Waals surface area contributed by atoms with Gasteiger partial charge in [0.1, 0.15) is 13.0 Å². The van der Waals surface area contributed by atoms with Crippen molar-refractivity contribution < 1.29 is 19.1 Å². The van der Waals surface area contributed by atoms with E-state index in [1.165, 1.54) is 13.8 Å². The molecule has 0 saturated carbocycles. The van der Waals surface area contributed by atoms with Crippen molar-refractivity contribution in [1.82, 2.24) is 0 Å². The summed E-state index contributed by atoms with van der Waals surface area (Å²) in [5.74, 6) is -1.40. The Hall–Kier alpha value is -2.11. The van der Waals surface area contributed by atoms with Crippen LogP contribution in [0.4, 0.5) is 0 Å². The van der Waals surface area contributed by atoms with Crippen LogP contribution in [-0.4, -0.2) is 24.1 Å². The number of ketones is 2. The summed E-state index contributed by atoms with van der Waals surface area (Å²) in [7, 11) is 0. The first-order valence-electron chi connectivity index (χ1n) is 4.90. The number of carbonyl (C=O) groups is 3. The van der Waals surface area contributed by atoms with Gasteiger partial charge in [-0.2, -0.15) is 0 Å². The zero-order valence-corrected chi connectivity index (χ0v) is 9.86. The molecule has 0 fully saturated rings. The first kappa shape index (κ1) is 14.9. The van der Waals surface area contributed by atoms with Crippen LogP contribution in [0.3, 0.4) is 0 Å². The summed E-state index contributed by atoms with van der Waals surface area (Å²) in [6.45, 7) is 2.65. The fraction of sp³-hybridized carbons (Fsp3) is 0.364. The molecule has 0 radical (unpaired) electrons. The molecular formula is C11H16N2O4. The Morgan fingerprint density at radius 2 is 1.71 bits per heavy atom. The quantitative estimate of drug-likeness (QED) is 0.377. The molecule has 0 amide bonds. The highest BCUT2D eigenvalue weighted by Crippen LogP contribution is 1.95. The van der Waals surface area contributed by atoms with E-state index in [9.17, 15) is 14.4 Å². The first-order valence-corrected chi connectivity index (χ1v) is 4.90. The molecule has 0 aromatic heterocycles. The second-order valence-corrected chi connectivity index (χ2v) is 3.52. The Balaban J connectivity index is 4.09. The van der Waals surface area contributed by atoms with E-state index in [0.29, 0.717) is 5.70 Å². The van der Waals surface area contributed by atoms with E-state index in [4.69, 9.17) is 11.5 Å². The van der Waals surface area contributed by atoms with Crippen LogP contribution in [0.5, 0.6) is 0 Å². The van der Waals surface area contributed by atoms with Gasteiger partial charge in [-0.1, -0.05) is 0 Å². The van der Waals surface area contributed by atoms with Gasteiger partial charge in [0.25, 0.3) is 0 Å². The van der Waals surface area contributed by atoms with E-state index >= 15 is 0 Å². The van der Waals surface area contributed by atoms with Gasteiger partial charge in [-0.25, -0.2) is 0 Å². The number of rotatable bonds is 6. The summed E-state index contributed by atoms with van der Waals surface area (Å²) < 4.78 is 4.68. The molecule has 6 heteroatoms. The average Bonchev–Trinajstić information content (AvgIpc) is 2.12. The summed E-state index contributed by atoms with van der Waals surface area (Å²) in [6, 6.07) is 0. The molecule has 0 unspecified atom stereocenters. The van der Waals surface area contributed by atoms with Gasteiger partial charge >= 0.3 is 5.97 Å². The molecule has 4 N–H and O–H groups in total. The summed E-state index contributed by atoms with van der Waals surface area (Å²) in [4.78, 5) is 32.9. The number of hydrogen-bond acceptors (Lipinski definition) is 6. The lowest BCUT2D eigenvalue weighted by Gasteiger charge is -2.03. The predicted octanol–water partition coefficient (Wildman–Crippen LogP) is -0.217. The number of hydrogen-bond donors (Lipinski definition) is 2. The minimum atomic E-state index is -0.715. The van der Waals surface area contributed by atoms with Gasteiger partial charge < -0.3 is 16.2 Å². The zero-order valence-electron chi connectivity index (χ0n) is 9.86. The Kier molecular flexibility index (Phi) is 6.32. The van der Waals surface area contributed by atoms with Crippen molar-refractivity contribution in [2.75, 3.05) is 6.61 Å². The Morgan fingerprint density at radius 3 is 2.18 bits per heavy atom. The van der Waals surface area contributed by atoms with Gasteiger partial charge in [0.05, 0.1) is 0 Å². The van der Waals surface area contributed by atoms with Crippen LogP contribution in [0.25, 0.3) is 0 Å².